The first-order valence-corrected chi connectivity index (χ1v) is 10.3. The quantitative estimate of drug-likeness (QED) is 0.475. The fourth-order valence-corrected chi connectivity index (χ4v) is 4.49. The molecule has 0 saturated carbocycles. The summed E-state index contributed by atoms with van der Waals surface area (Å²) in [6, 6.07) is 16.7. The third-order valence-electron chi connectivity index (χ3n) is 5.97. The maximum Gasteiger partial charge on any atom is 0.224 e. The van der Waals surface area contributed by atoms with Gasteiger partial charge in [0.1, 0.15) is 0 Å². The topological polar surface area (TPSA) is 59.3 Å². The summed E-state index contributed by atoms with van der Waals surface area (Å²) in [5, 5.41) is 7.58. The molecule has 2 aromatic heterocycles. The molecule has 0 bridgehead atoms. The maximum atomic E-state index is 12.6. The van der Waals surface area contributed by atoms with Crippen LogP contribution in [-0.4, -0.2) is 20.5 Å². The number of aromatic nitrogens is 3. The van der Waals surface area contributed by atoms with Crippen LogP contribution in [0.3, 0.4) is 0 Å². The van der Waals surface area contributed by atoms with E-state index in [1.54, 1.807) is 0 Å². The van der Waals surface area contributed by atoms with Crippen molar-refractivity contribution in [2.45, 2.75) is 40.0 Å². The van der Waals surface area contributed by atoms with E-state index in [1.165, 1.54) is 22.3 Å². The molecule has 30 heavy (non-hydrogen) atoms. The minimum absolute atomic E-state index is 0.0148. The van der Waals surface area contributed by atoms with Crippen molar-refractivity contribution in [3.05, 3.63) is 82.3 Å². The van der Waals surface area contributed by atoms with Crippen LogP contribution in [0.5, 0.6) is 0 Å². The van der Waals surface area contributed by atoms with Gasteiger partial charge >= 0.3 is 0 Å². The van der Waals surface area contributed by atoms with Crippen molar-refractivity contribution >= 4 is 17.2 Å². The van der Waals surface area contributed by atoms with Crippen LogP contribution in [0, 0.1) is 20.8 Å². The van der Waals surface area contributed by atoms with Gasteiger partial charge in [0, 0.05) is 29.6 Å². The Kier molecular flexibility index (Phi) is 4.39. The van der Waals surface area contributed by atoms with Crippen LogP contribution in [0.25, 0.3) is 16.8 Å². The summed E-state index contributed by atoms with van der Waals surface area (Å²) in [7, 11) is 0. The Morgan fingerprint density at radius 2 is 1.83 bits per heavy atom. The Balaban J connectivity index is 1.30. The first kappa shape index (κ1) is 18.6. The molecule has 1 N–H and O–H groups in total. The molecular weight excluding hydrogens is 372 g/mol. The van der Waals surface area contributed by atoms with Gasteiger partial charge in [-0.2, -0.15) is 5.10 Å². The van der Waals surface area contributed by atoms with Gasteiger partial charge in [-0.05, 0) is 73.6 Å². The van der Waals surface area contributed by atoms with E-state index in [-0.39, 0.29) is 5.91 Å². The smallest absolute Gasteiger partial charge is 0.224 e. The number of nitrogens with one attached hydrogen (secondary N) is 1. The number of anilines is 1. The largest absolute Gasteiger partial charge is 0.326 e. The number of aryl methyl sites for hydroxylation is 3. The summed E-state index contributed by atoms with van der Waals surface area (Å²) in [5.74, 6) is 0.0148. The van der Waals surface area contributed by atoms with E-state index in [9.17, 15) is 4.79 Å². The van der Waals surface area contributed by atoms with Crippen LogP contribution in [0.15, 0.2) is 48.5 Å². The zero-order valence-electron chi connectivity index (χ0n) is 17.5. The van der Waals surface area contributed by atoms with Crippen molar-refractivity contribution in [2.75, 3.05) is 5.32 Å². The molecule has 1 aliphatic rings. The highest BCUT2D eigenvalue weighted by Gasteiger charge is 2.18. The number of carbonyl (C=O) groups excluding carboxylic acids is 1. The molecular formula is C25H24N4O. The van der Waals surface area contributed by atoms with E-state index in [2.05, 4.69) is 51.8 Å². The van der Waals surface area contributed by atoms with Gasteiger partial charge in [0.25, 0.3) is 0 Å². The van der Waals surface area contributed by atoms with Crippen molar-refractivity contribution in [1.29, 1.82) is 0 Å². The highest BCUT2D eigenvalue weighted by molar-refractivity contribution is 5.92. The fraction of sp³-hybridized carbons (Fsp3) is 0.240. The van der Waals surface area contributed by atoms with Crippen LogP contribution >= 0.6 is 0 Å². The van der Waals surface area contributed by atoms with Gasteiger partial charge in [-0.1, -0.05) is 30.3 Å². The predicted octanol–water partition coefficient (Wildman–Crippen LogP) is 4.80. The van der Waals surface area contributed by atoms with Crippen molar-refractivity contribution in [2.24, 2.45) is 0 Å². The average molecular weight is 396 g/mol. The molecule has 1 amide bonds. The molecule has 0 unspecified atom stereocenters. The van der Waals surface area contributed by atoms with Crippen LogP contribution in [0.2, 0.25) is 0 Å². The van der Waals surface area contributed by atoms with Crippen molar-refractivity contribution in [3.8, 4) is 11.1 Å². The molecule has 0 saturated heterocycles. The standard InChI is InChI=1S/C25H24N4O/c1-15-12-24-26-16(2)21(17(3)29(24)28-15)10-11-25(30)27-20-8-9-23-19(14-20)13-18-6-4-5-7-22(18)23/h4-9,12,14H,10-11,13H2,1-3H3,(H,27,30). The maximum absolute atomic E-state index is 12.6. The van der Waals surface area contributed by atoms with Gasteiger partial charge in [-0.15, -0.1) is 0 Å². The van der Waals surface area contributed by atoms with Gasteiger partial charge in [-0.3, -0.25) is 4.79 Å². The molecule has 0 radical (unpaired) electrons. The number of benzene rings is 2. The molecule has 2 aromatic carbocycles. The van der Waals surface area contributed by atoms with Gasteiger partial charge in [0.2, 0.25) is 5.91 Å². The number of hydrogen-bond acceptors (Lipinski definition) is 3. The van der Waals surface area contributed by atoms with Gasteiger partial charge in [0.15, 0.2) is 5.65 Å². The summed E-state index contributed by atoms with van der Waals surface area (Å²) in [6.07, 6.45) is 1.97. The Hall–Kier alpha value is -3.47. The van der Waals surface area contributed by atoms with Crippen molar-refractivity contribution < 1.29 is 4.79 Å². The highest BCUT2D eigenvalue weighted by Crippen LogP contribution is 2.37. The van der Waals surface area contributed by atoms with Crippen molar-refractivity contribution in [3.63, 3.8) is 0 Å². The molecule has 0 spiro atoms. The number of rotatable bonds is 4. The van der Waals surface area contributed by atoms with E-state index in [0.29, 0.717) is 12.8 Å². The molecule has 5 nitrogen and oxygen atoms in total. The highest BCUT2D eigenvalue weighted by atomic mass is 16.1. The second-order valence-corrected chi connectivity index (χ2v) is 8.07. The van der Waals surface area contributed by atoms with E-state index in [0.717, 1.165) is 40.4 Å². The molecule has 5 rings (SSSR count). The fourth-order valence-electron chi connectivity index (χ4n) is 4.49. The Morgan fingerprint density at radius 1 is 1.03 bits per heavy atom. The molecule has 5 heteroatoms. The second kappa shape index (κ2) is 7.10. The number of carbonyl (C=O) groups is 1. The lowest BCUT2D eigenvalue weighted by Gasteiger charge is -2.12. The number of fused-ring (bicyclic) bond motifs is 4. The van der Waals surface area contributed by atoms with Crippen LogP contribution < -0.4 is 5.32 Å². The minimum Gasteiger partial charge on any atom is -0.326 e. The molecule has 4 aromatic rings. The van der Waals surface area contributed by atoms with Gasteiger partial charge in [0.05, 0.1) is 5.69 Å². The van der Waals surface area contributed by atoms with Gasteiger partial charge < -0.3 is 5.32 Å². The van der Waals surface area contributed by atoms with E-state index in [4.69, 9.17) is 0 Å². The molecule has 1 aliphatic carbocycles. The lowest BCUT2D eigenvalue weighted by Crippen LogP contribution is -2.14. The normalized spacial score (nSPS) is 12.1. The Labute approximate surface area is 175 Å². The first-order chi connectivity index (χ1) is 14.5. The Morgan fingerprint density at radius 3 is 2.70 bits per heavy atom. The van der Waals surface area contributed by atoms with Gasteiger partial charge in [-0.25, -0.2) is 9.50 Å². The predicted molar refractivity (Wildman–Crippen MR) is 119 cm³/mol. The zero-order chi connectivity index (χ0) is 20.8. The SMILES string of the molecule is Cc1cc2nc(C)c(CCC(=O)Nc3ccc4c(c3)Cc3ccccc3-4)c(C)n2n1. The first-order valence-electron chi connectivity index (χ1n) is 10.3. The third-order valence-corrected chi connectivity index (χ3v) is 5.97. The third kappa shape index (κ3) is 3.16. The number of nitrogens with zero attached hydrogens (tertiary/aromatic N) is 3. The summed E-state index contributed by atoms with van der Waals surface area (Å²) in [6.45, 7) is 6.01. The zero-order valence-corrected chi connectivity index (χ0v) is 17.5. The summed E-state index contributed by atoms with van der Waals surface area (Å²) < 4.78 is 1.87. The van der Waals surface area contributed by atoms with Crippen LogP contribution in [0.1, 0.15) is 40.2 Å². The lowest BCUT2D eigenvalue weighted by molar-refractivity contribution is -0.116. The van der Waals surface area contributed by atoms with E-state index < -0.39 is 0 Å². The molecule has 0 aliphatic heterocycles. The monoisotopic (exact) mass is 396 g/mol. The molecule has 0 fully saturated rings. The Bertz CT molecular complexity index is 1300. The summed E-state index contributed by atoms with van der Waals surface area (Å²) >= 11 is 0. The van der Waals surface area contributed by atoms with E-state index >= 15 is 0 Å². The van der Waals surface area contributed by atoms with E-state index in [1.807, 2.05) is 37.4 Å². The number of hydrogen-bond donors (Lipinski definition) is 1. The summed E-state index contributed by atoms with van der Waals surface area (Å²) in [4.78, 5) is 17.3. The average Bonchev–Trinajstić information content (AvgIpc) is 3.27. The second-order valence-electron chi connectivity index (χ2n) is 8.07. The molecule has 0 atom stereocenters. The van der Waals surface area contributed by atoms with Crippen LogP contribution in [0.4, 0.5) is 5.69 Å². The minimum atomic E-state index is 0.0148. The summed E-state index contributed by atoms with van der Waals surface area (Å²) in [5.41, 5.74) is 10.9. The number of amides is 1. The molecule has 2 heterocycles. The lowest BCUT2D eigenvalue weighted by atomic mass is 10.0. The van der Waals surface area contributed by atoms with Crippen molar-refractivity contribution in [1.82, 2.24) is 14.6 Å². The van der Waals surface area contributed by atoms with Crippen LogP contribution in [-0.2, 0) is 17.6 Å². The molecule has 150 valence electrons.